The number of rotatable bonds is 8. The Bertz CT molecular complexity index is 735. The van der Waals surface area contributed by atoms with Gasteiger partial charge in [0.1, 0.15) is 5.75 Å². The van der Waals surface area contributed by atoms with Gasteiger partial charge in [-0.3, -0.25) is 9.59 Å². The van der Waals surface area contributed by atoms with E-state index in [4.69, 9.17) is 4.74 Å². The molecule has 5 heteroatoms. The van der Waals surface area contributed by atoms with E-state index in [9.17, 15) is 9.59 Å². The van der Waals surface area contributed by atoms with Crippen LogP contribution in [0, 0.1) is 11.3 Å². The lowest BCUT2D eigenvalue weighted by molar-refractivity contribution is -0.130. The van der Waals surface area contributed by atoms with Gasteiger partial charge in [-0.1, -0.05) is 31.4 Å². The van der Waals surface area contributed by atoms with Gasteiger partial charge in [-0.25, -0.2) is 0 Å². The maximum absolute atomic E-state index is 13.1. The monoisotopic (exact) mass is 412 g/mol. The molecule has 1 spiro atoms. The Labute approximate surface area is 180 Å². The molecular weight excluding hydrogens is 376 g/mol. The van der Waals surface area contributed by atoms with Crippen LogP contribution >= 0.6 is 0 Å². The molecule has 0 bridgehead atoms. The van der Waals surface area contributed by atoms with Crippen molar-refractivity contribution in [2.24, 2.45) is 11.3 Å². The lowest BCUT2D eigenvalue weighted by atomic mass is 9.66. The number of likely N-dealkylation sites (tertiary alicyclic amines) is 1. The largest absolute Gasteiger partial charge is 0.494 e. The van der Waals surface area contributed by atoms with Crippen LogP contribution in [-0.4, -0.2) is 42.5 Å². The minimum Gasteiger partial charge on any atom is -0.494 e. The van der Waals surface area contributed by atoms with E-state index in [1.54, 1.807) is 0 Å². The van der Waals surface area contributed by atoms with Gasteiger partial charge in [0.2, 0.25) is 11.8 Å². The molecule has 4 rings (SSSR count). The quantitative estimate of drug-likeness (QED) is 0.699. The summed E-state index contributed by atoms with van der Waals surface area (Å²) in [6, 6.07) is 8.31. The third-order valence-corrected chi connectivity index (χ3v) is 7.27. The molecule has 2 amide bonds. The van der Waals surface area contributed by atoms with Crippen molar-refractivity contribution in [3.8, 4) is 5.75 Å². The minimum atomic E-state index is 0.197. The Hall–Kier alpha value is -2.04. The number of nitrogens with zero attached hydrogens (tertiary/aromatic N) is 1. The van der Waals surface area contributed by atoms with Crippen molar-refractivity contribution >= 4 is 11.8 Å². The molecule has 1 aromatic carbocycles. The van der Waals surface area contributed by atoms with E-state index in [1.165, 1.54) is 32.1 Å². The van der Waals surface area contributed by atoms with E-state index in [0.717, 1.165) is 43.7 Å². The summed E-state index contributed by atoms with van der Waals surface area (Å²) in [7, 11) is 0. The van der Waals surface area contributed by atoms with Gasteiger partial charge in [0.05, 0.1) is 13.0 Å². The highest BCUT2D eigenvalue weighted by molar-refractivity contribution is 5.79. The minimum absolute atomic E-state index is 0.197. The lowest BCUT2D eigenvalue weighted by Gasteiger charge is -2.38. The van der Waals surface area contributed by atoms with Gasteiger partial charge in [-0.05, 0) is 68.1 Å². The first kappa shape index (κ1) is 21.2. The predicted molar refractivity (Wildman–Crippen MR) is 117 cm³/mol. The fourth-order valence-corrected chi connectivity index (χ4v) is 5.43. The number of nitrogens with one attached hydrogen (secondary N) is 1. The maximum atomic E-state index is 13.1. The molecule has 3 fully saturated rings. The molecule has 5 nitrogen and oxygen atoms in total. The van der Waals surface area contributed by atoms with Crippen molar-refractivity contribution in [2.45, 2.75) is 77.2 Å². The molecule has 0 radical (unpaired) electrons. The fraction of sp³-hybridized carbons (Fsp3) is 0.680. The van der Waals surface area contributed by atoms with Crippen molar-refractivity contribution in [2.75, 3.05) is 19.7 Å². The van der Waals surface area contributed by atoms with E-state index in [2.05, 4.69) is 10.2 Å². The molecule has 1 N–H and O–H groups in total. The number of benzene rings is 1. The topological polar surface area (TPSA) is 58.6 Å². The van der Waals surface area contributed by atoms with Crippen LogP contribution in [0.5, 0.6) is 5.75 Å². The number of carbonyl (C=O) groups excluding carboxylic acids is 2. The van der Waals surface area contributed by atoms with E-state index in [0.29, 0.717) is 31.4 Å². The third-order valence-electron chi connectivity index (χ3n) is 7.27. The summed E-state index contributed by atoms with van der Waals surface area (Å²) in [6.07, 6.45) is 10.4. The Morgan fingerprint density at radius 1 is 1.13 bits per heavy atom. The van der Waals surface area contributed by atoms with E-state index >= 15 is 0 Å². The van der Waals surface area contributed by atoms with Crippen molar-refractivity contribution in [3.63, 3.8) is 0 Å². The van der Waals surface area contributed by atoms with Crippen molar-refractivity contribution in [1.82, 2.24) is 10.2 Å². The lowest BCUT2D eigenvalue weighted by Crippen LogP contribution is -2.35. The molecule has 1 saturated heterocycles. The molecular formula is C25H36N2O3. The molecule has 1 aromatic rings. The number of amides is 2. The smallest absolute Gasteiger partial charge is 0.227 e. The molecule has 2 saturated carbocycles. The summed E-state index contributed by atoms with van der Waals surface area (Å²) in [5.41, 5.74) is 1.26. The number of ether oxygens (including phenoxy) is 1. The molecule has 1 unspecified atom stereocenters. The first-order chi connectivity index (χ1) is 14.6. The molecule has 1 heterocycles. The first-order valence-corrected chi connectivity index (χ1v) is 11.9. The van der Waals surface area contributed by atoms with Crippen molar-refractivity contribution in [1.29, 1.82) is 0 Å². The number of hydrogen-bond acceptors (Lipinski definition) is 3. The standard InChI is InChI=1S/C25H36N2O3/c1-2-30-22-11-6-19(7-12-22)16-24(29)27-17-20(8-13-23(28)26-21-9-10-21)25(18-27)14-4-3-5-15-25/h6-7,11-12,20-21H,2-5,8-10,13-18H2,1H3,(H,26,28). The van der Waals surface area contributed by atoms with Crippen LogP contribution < -0.4 is 10.1 Å². The summed E-state index contributed by atoms with van der Waals surface area (Å²) in [6.45, 7) is 4.30. The highest BCUT2D eigenvalue weighted by Crippen LogP contribution is 2.49. The highest BCUT2D eigenvalue weighted by atomic mass is 16.5. The van der Waals surface area contributed by atoms with E-state index in [-0.39, 0.29) is 17.2 Å². The maximum Gasteiger partial charge on any atom is 0.227 e. The van der Waals surface area contributed by atoms with Crippen LogP contribution in [-0.2, 0) is 16.0 Å². The van der Waals surface area contributed by atoms with Crippen LogP contribution in [0.25, 0.3) is 0 Å². The first-order valence-electron chi connectivity index (χ1n) is 11.9. The Kier molecular flexibility index (Phi) is 6.64. The number of carbonyl (C=O) groups is 2. The fourth-order valence-electron chi connectivity index (χ4n) is 5.43. The molecule has 2 aliphatic carbocycles. The van der Waals surface area contributed by atoms with Gasteiger partial charge in [0.15, 0.2) is 0 Å². The van der Waals surface area contributed by atoms with Crippen molar-refractivity contribution < 1.29 is 14.3 Å². The third kappa shape index (κ3) is 5.16. The van der Waals surface area contributed by atoms with Gasteiger partial charge in [-0.15, -0.1) is 0 Å². The van der Waals surface area contributed by atoms with Gasteiger partial charge < -0.3 is 15.0 Å². The predicted octanol–water partition coefficient (Wildman–Crippen LogP) is 4.10. The molecule has 164 valence electrons. The molecule has 30 heavy (non-hydrogen) atoms. The summed E-state index contributed by atoms with van der Waals surface area (Å²) in [4.78, 5) is 27.4. The van der Waals surface area contributed by atoms with E-state index < -0.39 is 0 Å². The Morgan fingerprint density at radius 3 is 2.53 bits per heavy atom. The summed E-state index contributed by atoms with van der Waals surface area (Å²) in [5.74, 6) is 1.71. The molecule has 3 aliphatic rings. The average Bonchev–Trinajstić information content (AvgIpc) is 3.49. The second-order valence-electron chi connectivity index (χ2n) is 9.53. The zero-order chi connectivity index (χ0) is 21.0. The summed E-state index contributed by atoms with van der Waals surface area (Å²) in [5, 5.41) is 3.12. The zero-order valence-electron chi connectivity index (χ0n) is 18.3. The van der Waals surface area contributed by atoms with Crippen LogP contribution in [0.2, 0.25) is 0 Å². The molecule has 0 aromatic heterocycles. The summed E-state index contributed by atoms with van der Waals surface area (Å²) >= 11 is 0. The van der Waals surface area contributed by atoms with E-state index in [1.807, 2.05) is 31.2 Å². The average molecular weight is 413 g/mol. The van der Waals surface area contributed by atoms with Gasteiger partial charge in [-0.2, -0.15) is 0 Å². The zero-order valence-corrected chi connectivity index (χ0v) is 18.3. The van der Waals surface area contributed by atoms with Crippen LogP contribution in [0.1, 0.15) is 70.3 Å². The SMILES string of the molecule is CCOc1ccc(CC(=O)N2CC(CCC(=O)NC3CC3)C3(CCCCC3)C2)cc1. The second-order valence-corrected chi connectivity index (χ2v) is 9.53. The van der Waals surface area contributed by atoms with Crippen molar-refractivity contribution in [3.05, 3.63) is 29.8 Å². The van der Waals surface area contributed by atoms with Crippen LogP contribution in [0.3, 0.4) is 0 Å². The Morgan fingerprint density at radius 2 is 1.87 bits per heavy atom. The van der Waals surface area contributed by atoms with Gasteiger partial charge in [0.25, 0.3) is 0 Å². The van der Waals surface area contributed by atoms with Crippen LogP contribution in [0.4, 0.5) is 0 Å². The summed E-state index contributed by atoms with van der Waals surface area (Å²) < 4.78 is 5.50. The highest BCUT2D eigenvalue weighted by Gasteiger charge is 2.47. The molecule has 1 aliphatic heterocycles. The normalized spacial score (nSPS) is 22.8. The Balaban J connectivity index is 1.36. The second kappa shape index (κ2) is 9.40. The number of hydrogen-bond donors (Lipinski definition) is 1. The van der Waals surface area contributed by atoms with Gasteiger partial charge >= 0.3 is 0 Å². The van der Waals surface area contributed by atoms with Gasteiger partial charge in [0, 0.05) is 25.6 Å². The van der Waals surface area contributed by atoms with Crippen LogP contribution in [0.15, 0.2) is 24.3 Å². The molecule has 1 atom stereocenters.